The summed E-state index contributed by atoms with van der Waals surface area (Å²) in [4.78, 5) is 81.1. The molecule has 0 bridgehead atoms. The molecule has 1 aliphatic carbocycles. The van der Waals surface area contributed by atoms with Crippen LogP contribution in [0.2, 0.25) is 0 Å². The number of benzene rings is 6. The van der Waals surface area contributed by atoms with Gasteiger partial charge in [-0.25, -0.2) is 14.4 Å². The molecule has 18 nitrogen and oxygen atoms in total. The minimum absolute atomic E-state index is 0. The third kappa shape index (κ3) is 18.7. The van der Waals surface area contributed by atoms with Crippen LogP contribution in [0, 0.1) is 5.41 Å². The van der Waals surface area contributed by atoms with Crippen molar-refractivity contribution >= 4 is 87.2 Å². The van der Waals surface area contributed by atoms with Gasteiger partial charge in [0.25, 0.3) is 17.7 Å². The van der Waals surface area contributed by atoms with Crippen molar-refractivity contribution in [2.45, 2.75) is 164 Å². The van der Waals surface area contributed by atoms with E-state index < -0.39 is 18.3 Å². The third-order valence-electron chi connectivity index (χ3n) is 15.0. The van der Waals surface area contributed by atoms with Gasteiger partial charge in [0.2, 0.25) is 0 Å². The van der Waals surface area contributed by atoms with Gasteiger partial charge in [0.05, 0.1) is 71.3 Å². The van der Waals surface area contributed by atoms with Crippen molar-refractivity contribution in [3.05, 3.63) is 161 Å². The maximum Gasteiger partial charge on any atom is 0.411 e. The smallest absolute Gasteiger partial charge is 0.411 e. The number of fused-ring (bicyclic) bond motifs is 6. The minimum atomic E-state index is -0.519. The van der Waals surface area contributed by atoms with Crippen molar-refractivity contribution in [3.8, 4) is 0 Å². The van der Waals surface area contributed by atoms with Crippen molar-refractivity contribution in [2.24, 2.45) is 5.41 Å². The van der Waals surface area contributed by atoms with E-state index in [2.05, 4.69) is 48.9 Å². The van der Waals surface area contributed by atoms with Crippen LogP contribution >= 0.6 is 0 Å². The number of ether oxygens (including phenoxy) is 6. The van der Waals surface area contributed by atoms with Crippen molar-refractivity contribution in [3.63, 3.8) is 0 Å². The first-order valence-electron chi connectivity index (χ1n) is 31.3. The molecular formula is C72H94N6O12. The average Bonchev–Trinajstić information content (AvgIpc) is 1.75. The SMILES string of the molecule is CC(C)OC(=O)Nc1ccc2c(c1)N(C(=O)COC1CCC1)c1ccccc1CC2.CC(C)OC(=O)Nc1ccc2c(c1)N(C(=O)COCC(C)(C)C)c1ccccc1CC2.CC(C)OCC(=O)N1c2ccccc2CCc2ccc(NC(=O)OC(C)C)cc21.[HH].[HH].[HH]. The van der Waals surface area contributed by atoms with Crippen LogP contribution in [-0.2, 0) is 81.3 Å². The summed E-state index contributed by atoms with van der Waals surface area (Å²) in [5.74, 6) is -0.377. The standard InChI is InChI=1S/C25H32N2O4.C24H28N2O4.C23H28N2O4.3H2/c1-17(2)31-24(29)26-20-13-12-19-11-10-18-8-6-7-9-21(18)27(22(19)14-20)23(28)15-30-16-25(3,4)5;1-16(2)30-24(28)25-19-13-12-18-11-10-17-6-3-4-9-21(17)26(22(18)14-19)23(27)15-29-20-7-5-8-20;1-15(2)28-14-22(26)25-20-8-6-5-7-17(20)9-10-18-11-12-19(13-21(18)25)24-23(27)29-16(3)4;;;/h6-9,12-14,17H,10-11,15-16H2,1-5H3,(H,26,29);3-4,6,9,12-14,16,20H,5,7-8,10-11,15H2,1-2H3,(H,25,28);5-8,11-13,15-16H,9-10,14H2,1-4H3,(H,24,27);3*1H. The van der Waals surface area contributed by atoms with Gasteiger partial charge >= 0.3 is 18.3 Å². The van der Waals surface area contributed by atoms with Gasteiger partial charge in [0, 0.05) is 21.3 Å². The van der Waals surface area contributed by atoms with E-state index in [0.29, 0.717) is 23.7 Å². The molecule has 0 unspecified atom stereocenters. The van der Waals surface area contributed by atoms with Crippen LogP contribution in [0.3, 0.4) is 0 Å². The number of nitrogens with one attached hydrogen (secondary N) is 3. The molecule has 1 fully saturated rings. The monoisotopic (exact) mass is 1230 g/mol. The number of anilines is 9. The first kappa shape index (κ1) is 67.4. The number of hydrogen-bond donors (Lipinski definition) is 3. The first-order valence-corrected chi connectivity index (χ1v) is 31.3. The Labute approximate surface area is 534 Å². The largest absolute Gasteiger partial charge is 0.447 e. The van der Waals surface area contributed by atoms with Crippen LogP contribution in [0.25, 0.3) is 0 Å². The van der Waals surface area contributed by atoms with E-state index in [0.717, 1.165) is 125 Å². The molecule has 90 heavy (non-hydrogen) atoms. The molecule has 10 rings (SSSR count). The first-order chi connectivity index (χ1) is 43.0. The summed E-state index contributed by atoms with van der Waals surface area (Å²) in [5.41, 5.74) is 13.1. The molecule has 1 saturated carbocycles. The molecule has 0 atom stereocenters. The zero-order chi connectivity index (χ0) is 64.6. The summed E-state index contributed by atoms with van der Waals surface area (Å²) in [6.07, 6.45) is 6.10. The lowest BCUT2D eigenvalue weighted by atomic mass is 9.96. The molecule has 0 aromatic heterocycles. The number of aryl methyl sites for hydroxylation is 6. The van der Waals surface area contributed by atoms with Gasteiger partial charge in [-0.15, -0.1) is 0 Å². The Morgan fingerprint density at radius 3 is 1.07 bits per heavy atom. The van der Waals surface area contributed by atoms with E-state index in [1.807, 2.05) is 129 Å². The fraction of sp³-hybridized carbons (Fsp3) is 0.417. The summed E-state index contributed by atoms with van der Waals surface area (Å²) < 4.78 is 32.7. The lowest BCUT2D eigenvalue weighted by Crippen LogP contribution is -2.34. The lowest BCUT2D eigenvalue weighted by molar-refractivity contribution is -0.126. The van der Waals surface area contributed by atoms with Crippen molar-refractivity contribution in [1.82, 2.24) is 0 Å². The highest BCUT2D eigenvalue weighted by atomic mass is 16.6. The summed E-state index contributed by atoms with van der Waals surface area (Å²) in [6, 6.07) is 40.7. The summed E-state index contributed by atoms with van der Waals surface area (Å²) >= 11 is 0. The number of para-hydroxylation sites is 3. The molecule has 6 aromatic rings. The predicted octanol–water partition coefficient (Wildman–Crippen LogP) is 16.0. The molecule has 6 aromatic carbocycles. The minimum Gasteiger partial charge on any atom is -0.447 e. The topological polar surface area (TPSA) is 204 Å². The number of rotatable bonds is 15. The Morgan fingerprint density at radius 1 is 0.433 bits per heavy atom. The van der Waals surface area contributed by atoms with Crippen LogP contribution in [-0.4, -0.2) is 92.9 Å². The highest BCUT2D eigenvalue weighted by molar-refractivity contribution is 6.06. The quantitative estimate of drug-likeness (QED) is 0.0822. The zero-order valence-corrected chi connectivity index (χ0v) is 53.9. The third-order valence-corrected chi connectivity index (χ3v) is 15.0. The van der Waals surface area contributed by atoms with Crippen LogP contribution < -0.4 is 30.7 Å². The zero-order valence-electron chi connectivity index (χ0n) is 53.9. The molecule has 0 saturated heterocycles. The van der Waals surface area contributed by atoms with Crippen LogP contribution in [0.15, 0.2) is 127 Å². The second-order valence-electron chi connectivity index (χ2n) is 25.1. The van der Waals surface area contributed by atoms with Crippen molar-refractivity contribution < 1.29 is 61.5 Å². The maximum atomic E-state index is 13.3. The Morgan fingerprint density at radius 2 is 0.756 bits per heavy atom. The van der Waals surface area contributed by atoms with Crippen LogP contribution in [0.1, 0.15) is 133 Å². The van der Waals surface area contributed by atoms with E-state index in [9.17, 15) is 28.8 Å². The molecule has 4 aliphatic rings. The Hall–Kier alpha value is -8.58. The van der Waals surface area contributed by atoms with E-state index in [1.165, 1.54) is 0 Å². The average molecular weight is 1240 g/mol. The molecule has 484 valence electrons. The van der Waals surface area contributed by atoms with Gasteiger partial charge in [0.15, 0.2) is 0 Å². The Kier molecular flexibility index (Phi) is 23.4. The van der Waals surface area contributed by atoms with Crippen molar-refractivity contribution in [2.75, 3.05) is 57.1 Å². The normalized spacial score (nSPS) is 14.0. The summed E-state index contributed by atoms with van der Waals surface area (Å²) in [5, 5.41) is 8.27. The van der Waals surface area contributed by atoms with Crippen LogP contribution in [0.5, 0.6) is 0 Å². The predicted molar refractivity (Wildman–Crippen MR) is 359 cm³/mol. The van der Waals surface area contributed by atoms with Crippen molar-refractivity contribution in [1.29, 1.82) is 0 Å². The Balaban J connectivity index is 0.000000249. The fourth-order valence-corrected chi connectivity index (χ4v) is 10.7. The summed E-state index contributed by atoms with van der Waals surface area (Å²) in [7, 11) is 0. The van der Waals surface area contributed by atoms with Gasteiger partial charge in [-0.05, 0) is 207 Å². The number of amides is 6. The fourth-order valence-electron chi connectivity index (χ4n) is 10.7. The highest BCUT2D eigenvalue weighted by Crippen LogP contribution is 2.41. The molecule has 3 heterocycles. The highest BCUT2D eigenvalue weighted by Gasteiger charge is 2.31. The molecule has 3 aliphatic heterocycles. The summed E-state index contributed by atoms with van der Waals surface area (Å²) in [6.45, 7) is 21.3. The number of hydrogen-bond acceptors (Lipinski definition) is 12. The van der Waals surface area contributed by atoms with E-state index in [-0.39, 0.29) is 77.8 Å². The number of carbonyl (C=O) groups excluding carboxylic acids is 6. The van der Waals surface area contributed by atoms with Gasteiger partial charge < -0.3 is 28.4 Å². The van der Waals surface area contributed by atoms with Gasteiger partial charge in [-0.2, -0.15) is 0 Å². The number of nitrogens with zero attached hydrogens (tertiary/aromatic N) is 3. The van der Waals surface area contributed by atoms with E-state index in [1.54, 1.807) is 56.2 Å². The van der Waals surface area contributed by atoms with E-state index in [4.69, 9.17) is 28.4 Å². The lowest BCUT2D eigenvalue weighted by Gasteiger charge is -2.29. The van der Waals surface area contributed by atoms with E-state index >= 15 is 0 Å². The van der Waals surface area contributed by atoms with Gasteiger partial charge in [-0.3, -0.25) is 45.0 Å². The molecule has 18 heteroatoms. The molecule has 0 radical (unpaired) electrons. The van der Waals surface area contributed by atoms with Gasteiger partial charge in [0.1, 0.15) is 19.8 Å². The van der Waals surface area contributed by atoms with Gasteiger partial charge in [-0.1, -0.05) is 93.6 Å². The second-order valence-corrected chi connectivity index (χ2v) is 25.1. The molecular weight excluding hydrogens is 1140 g/mol. The maximum absolute atomic E-state index is 13.3. The Bertz CT molecular complexity index is 3520. The molecule has 0 spiro atoms. The van der Waals surface area contributed by atoms with Crippen LogP contribution in [0.4, 0.5) is 65.6 Å². The molecule has 6 amide bonds. The number of carbonyl (C=O) groups is 6. The molecule has 3 N–H and O–H groups in total. The second kappa shape index (κ2) is 31.2.